The van der Waals surface area contributed by atoms with Crippen LogP contribution in [0.1, 0.15) is 24.3 Å². The second kappa shape index (κ2) is 2.44. The Kier molecular flexibility index (Phi) is 1.37. The molecule has 0 aromatic heterocycles. The fraction of sp³-hybridized carbons (Fsp3) is 0.417. The fourth-order valence-electron chi connectivity index (χ4n) is 2.78. The average molecular weight is 172 g/mol. The Bertz CT molecular complexity index is 327. The zero-order valence-corrected chi connectivity index (χ0v) is 7.44. The zero-order chi connectivity index (χ0) is 8.84. The Morgan fingerprint density at radius 1 is 1.00 bits per heavy atom. The van der Waals surface area contributed by atoms with Crippen LogP contribution in [0.15, 0.2) is 30.3 Å². The first-order valence-electron chi connectivity index (χ1n) is 4.93. The van der Waals surface area contributed by atoms with Crippen LogP contribution in [0.3, 0.4) is 0 Å². The third kappa shape index (κ3) is 1.03. The number of hydrogen-bond donors (Lipinski definition) is 0. The molecule has 0 amide bonds. The van der Waals surface area contributed by atoms with Crippen molar-refractivity contribution < 1.29 is 4.79 Å². The average Bonchev–Trinajstić information content (AvgIpc) is 2.66. The number of ketones is 1. The largest absolute Gasteiger partial charge is 0.300 e. The van der Waals surface area contributed by atoms with Crippen molar-refractivity contribution in [3.05, 3.63) is 35.9 Å². The first kappa shape index (κ1) is 7.31. The van der Waals surface area contributed by atoms with Gasteiger partial charge in [-0.05, 0) is 23.3 Å². The van der Waals surface area contributed by atoms with Crippen LogP contribution in [0.5, 0.6) is 0 Å². The van der Waals surface area contributed by atoms with Crippen molar-refractivity contribution in [3.8, 4) is 0 Å². The van der Waals surface area contributed by atoms with Gasteiger partial charge in [-0.1, -0.05) is 30.3 Å². The third-order valence-electron chi connectivity index (χ3n) is 3.44. The van der Waals surface area contributed by atoms with Crippen LogP contribution in [0, 0.1) is 11.8 Å². The standard InChI is InChI=1S/C12H12O/c13-9-6-10-11(7-9)12(10)8-4-2-1-3-5-8/h1-5,10-12H,6-7H2. The number of benzene rings is 1. The van der Waals surface area contributed by atoms with Crippen molar-refractivity contribution >= 4 is 5.78 Å². The Morgan fingerprint density at radius 2 is 1.62 bits per heavy atom. The van der Waals surface area contributed by atoms with Gasteiger partial charge in [0.05, 0.1) is 0 Å². The van der Waals surface area contributed by atoms with Crippen LogP contribution in [0.2, 0.25) is 0 Å². The first-order valence-corrected chi connectivity index (χ1v) is 4.93. The number of carbonyl (C=O) groups is 1. The lowest BCUT2D eigenvalue weighted by molar-refractivity contribution is -0.118. The molecule has 1 heteroatoms. The van der Waals surface area contributed by atoms with E-state index in [1.54, 1.807) is 0 Å². The second-order valence-corrected chi connectivity index (χ2v) is 4.21. The Morgan fingerprint density at radius 3 is 2.23 bits per heavy atom. The van der Waals surface area contributed by atoms with Crippen molar-refractivity contribution in [1.82, 2.24) is 0 Å². The number of rotatable bonds is 1. The summed E-state index contributed by atoms with van der Waals surface area (Å²) in [5.74, 6) is 2.56. The van der Waals surface area contributed by atoms with Crippen LogP contribution >= 0.6 is 0 Å². The van der Waals surface area contributed by atoms with E-state index in [0.717, 1.165) is 12.8 Å². The molecular formula is C12H12O. The number of Topliss-reactive ketones (excluding diaryl/α,β-unsaturated/α-hetero) is 1. The molecule has 0 bridgehead atoms. The van der Waals surface area contributed by atoms with Crippen molar-refractivity contribution in [1.29, 1.82) is 0 Å². The van der Waals surface area contributed by atoms with E-state index in [1.807, 2.05) is 6.07 Å². The normalized spacial score (nSPS) is 36.0. The molecule has 0 heterocycles. The molecule has 2 aliphatic carbocycles. The lowest BCUT2D eigenvalue weighted by Gasteiger charge is -2.01. The highest BCUT2D eigenvalue weighted by Crippen LogP contribution is 2.61. The predicted molar refractivity (Wildman–Crippen MR) is 50.4 cm³/mol. The Hall–Kier alpha value is -1.11. The summed E-state index contributed by atoms with van der Waals surface area (Å²) < 4.78 is 0. The monoisotopic (exact) mass is 172 g/mol. The van der Waals surface area contributed by atoms with Crippen molar-refractivity contribution in [2.24, 2.45) is 11.8 Å². The van der Waals surface area contributed by atoms with Crippen LogP contribution in [0.25, 0.3) is 0 Å². The predicted octanol–water partition coefficient (Wildman–Crippen LogP) is 2.38. The van der Waals surface area contributed by atoms with Crippen molar-refractivity contribution in [3.63, 3.8) is 0 Å². The summed E-state index contributed by atoms with van der Waals surface area (Å²) in [7, 11) is 0. The van der Waals surface area contributed by atoms with E-state index in [9.17, 15) is 4.79 Å². The van der Waals surface area contributed by atoms with Gasteiger partial charge in [-0.15, -0.1) is 0 Å². The Labute approximate surface area is 77.8 Å². The van der Waals surface area contributed by atoms with Crippen LogP contribution < -0.4 is 0 Å². The van der Waals surface area contributed by atoms with E-state index in [0.29, 0.717) is 23.5 Å². The maximum Gasteiger partial charge on any atom is 0.133 e. The molecule has 66 valence electrons. The van der Waals surface area contributed by atoms with Gasteiger partial charge >= 0.3 is 0 Å². The molecule has 2 atom stereocenters. The van der Waals surface area contributed by atoms with Gasteiger partial charge in [0.25, 0.3) is 0 Å². The summed E-state index contributed by atoms with van der Waals surface area (Å²) in [6.45, 7) is 0. The molecule has 3 rings (SSSR count). The molecule has 0 spiro atoms. The maximum atomic E-state index is 11.1. The van der Waals surface area contributed by atoms with E-state index >= 15 is 0 Å². The number of hydrogen-bond acceptors (Lipinski definition) is 1. The molecule has 13 heavy (non-hydrogen) atoms. The molecular weight excluding hydrogens is 160 g/mol. The topological polar surface area (TPSA) is 17.1 Å². The highest BCUT2D eigenvalue weighted by molar-refractivity contribution is 5.83. The lowest BCUT2D eigenvalue weighted by atomic mass is 10.0. The van der Waals surface area contributed by atoms with Gasteiger partial charge in [0.15, 0.2) is 0 Å². The van der Waals surface area contributed by atoms with E-state index < -0.39 is 0 Å². The van der Waals surface area contributed by atoms with Gasteiger partial charge in [-0.25, -0.2) is 0 Å². The second-order valence-electron chi connectivity index (χ2n) is 4.21. The van der Waals surface area contributed by atoms with Crippen molar-refractivity contribution in [2.75, 3.05) is 0 Å². The van der Waals surface area contributed by atoms with E-state index in [-0.39, 0.29) is 0 Å². The minimum atomic E-state index is 0.474. The van der Waals surface area contributed by atoms with Crippen molar-refractivity contribution in [2.45, 2.75) is 18.8 Å². The lowest BCUT2D eigenvalue weighted by Crippen LogP contribution is -1.96. The summed E-state index contributed by atoms with van der Waals surface area (Å²) in [6, 6.07) is 10.6. The van der Waals surface area contributed by atoms with Crippen LogP contribution in [-0.2, 0) is 4.79 Å². The summed E-state index contributed by atoms with van der Waals surface area (Å²) in [6.07, 6.45) is 1.68. The minimum absolute atomic E-state index is 0.474. The maximum absolute atomic E-state index is 11.1. The molecule has 2 fully saturated rings. The highest BCUT2D eigenvalue weighted by Gasteiger charge is 2.56. The molecule has 0 aliphatic heterocycles. The smallest absolute Gasteiger partial charge is 0.133 e. The number of fused-ring (bicyclic) bond motifs is 1. The molecule has 0 N–H and O–H groups in total. The molecule has 1 nitrogen and oxygen atoms in total. The molecule has 0 radical (unpaired) electrons. The van der Waals surface area contributed by atoms with Crippen LogP contribution in [-0.4, -0.2) is 5.78 Å². The summed E-state index contributed by atoms with van der Waals surface area (Å²) in [4.78, 5) is 11.1. The quantitative estimate of drug-likeness (QED) is 0.635. The fourth-order valence-corrected chi connectivity index (χ4v) is 2.78. The van der Waals surface area contributed by atoms with Gasteiger partial charge in [0, 0.05) is 12.8 Å². The zero-order valence-electron chi connectivity index (χ0n) is 7.44. The van der Waals surface area contributed by atoms with Gasteiger partial charge in [-0.3, -0.25) is 4.79 Å². The third-order valence-corrected chi connectivity index (χ3v) is 3.44. The first-order chi connectivity index (χ1) is 6.36. The van der Waals surface area contributed by atoms with Crippen LogP contribution in [0.4, 0.5) is 0 Å². The van der Waals surface area contributed by atoms with Gasteiger partial charge in [0.1, 0.15) is 5.78 Å². The summed E-state index contributed by atoms with van der Waals surface area (Å²) >= 11 is 0. The number of carbonyl (C=O) groups excluding carboxylic acids is 1. The highest BCUT2D eigenvalue weighted by atomic mass is 16.1. The Balaban J connectivity index is 1.82. The minimum Gasteiger partial charge on any atom is -0.300 e. The van der Waals surface area contributed by atoms with E-state index in [1.165, 1.54) is 5.56 Å². The summed E-state index contributed by atoms with van der Waals surface area (Å²) in [5, 5.41) is 0. The summed E-state index contributed by atoms with van der Waals surface area (Å²) in [5.41, 5.74) is 1.44. The van der Waals surface area contributed by atoms with E-state index in [4.69, 9.17) is 0 Å². The van der Waals surface area contributed by atoms with Gasteiger partial charge in [0.2, 0.25) is 0 Å². The van der Waals surface area contributed by atoms with E-state index in [2.05, 4.69) is 24.3 Å². The molecule has 2 aliphatic rings. The molecule has 1 aromatic rings. The molecule has 0 saturated heterocycles. The van der Waals surface area contributed by atoms with Gasteiger partial charge in [-0.2, -0.15) is 0 Å². The SMILES string of the molecule is O=C1CC2C(C1)C2c1ccccc1. The molecule has 2 unspecified atom stereocenters. The molecule has 2 saturated carbocycles. The molecule has 1 aromatic carbocycles. The van der Waals surface area contributed by atoms with Gasteiger partial charge < -0.3 is 0 Å².